The molecule has 63 valence electrons. The molecule has 1 aliphatic heterocycles. The molecule has 0 amide bonds. The molecule has 1 unspecified atom stereocenters. The van der Waals surface area contributed by atoms with Gasteiger partial charge in [-0.05, 0) is 0 Å². The summed E-state index contributed by atoms with van der Waals surface area (Å²) in [5.74, 6) is 0. The average Bonchev–Trinajstić information content (AvgIpc) is 2.21. The Kier molecular flexibility index (Phi) is 2.39. The van der Waals surface area contributed by atoms with Gasteiger partial charge in [0.15, 0.2) is 0 Å². The smallest absolute Gasteiger partial charge is 0.261 e. The first-order chi connectivity index (χ1) is 5.97. The van der Waals surface area contributed by atoms with Crippen LogP contribution in [-0.2, 0) is 4.74 Å². The minimum atomic E-state index is 0.111. The fourth-order valence-electron chi connectivity index (χ4n) is 1.41. The van der Waals surface area contributed by atoms with Crippen LogP contribution in [0.15, 0.2) is 30.3 Å². The predicted octanol–water partition coefficient (Wildman–Crippen LogP) is 0.455. The lowest BCUT2D eigenvalue weighted by Crippen LogP contribution is -2.87. The van der Waals surface area contributed by atoms with Crippen molar-refractivity contribution in [1.82, 2.24) is 0 Å². The number of hydrogen-bond donors (Lipinski definition) is 1. The molecular formula is C10H13NO+. The van der Waals surface area contributed by atoms with Gasteiger partial charge in [0.2, 0.25) is 0 Å². The van der Waals surface area contributed by atoms with Crippen molar-refractivity contribution in [1.29, 1.82) is 0 Å². The topological polar surface area (TPSA) is 24.8 Å². The van der Waals surface area contributed by atoms with Gasteiger partial charge in [-0.3, -0.25) is 0 Å². The van der Waals surface area contributed by atoms with Crippen molar-refractivity contribution in [2.24, 2.45) is 0 Å². The molecule has 0 bridgehead atoms. The molecule has 12 heavy (non-hydrogen) atoms. The van der Waals surface area contributed by atoms with E-state index in [4.69, 9.17) is 4.74 Å². The van der Waals surface area contributed by atoms with Crippen LogP contribution in [0, 0.1) is 0 Å². The third kappa shape index (κ3) is 1.65. The molecule has 1 radical (unpaired) electrons. The van der Waals surface area contributed by atoms with E-state index >= 15 is 0 Å². The first-order valence-electron chi connectivity index (χ1n) is 4.37. The third-order valence-electron chi connectivity index (χ3n) is 2.04. The quantitative estimate of drug-likeness (QED) is 0.639. The molecule has 1 aromatic rings. The van der Waals surface area contributed by atoms with Gasteiger partial charge in [0.1, 0.15) is 6.54 Å². The normalized spacial score (nSPS) is 23.8. The van der Waals surface area contributed by atoms with E-state index in [-0.39, 0.29) is 6.23 Å². The summed E-state index contributed by atoms with van der Waals surface area (Å²) in [6.45, 7) is 1.92. The van der Waals surface area contributed by atoms with Gasteiger partial charge in [-0.25, -0.2) is 0 Å². The summed E-state index contributed by atoms with van der Waals surface area (Å²) >= 11 is 0. The van der Waals surface area contributed by atoms with E-state index in [1.165, 1.54) is 5.56 Å². The van der Waals surface area contributed by atoms with Crippen LogP contribution in [0.25, 0.3) is 0 Å². The molecule has 1 heterocycles. The molecular weight excluding hydrogens is 150 g/mol. The molecule has 0 aliphatic carbocycles. The van der Waals surface area contributed by atoms with E-state index in [1.807, 2.05) is 18.2 Å². The zero-order valence-corrected chi connectivity index (χ0v) is 6.99. The maximum absolute atomic E-state index is 5.55. The monoisotopic (exact) mass is 163 g/mol. The zero-order valence-electron chi connectivity index (χ0n) is 6.99. The largest absolute Gasteiger partial charge is 0.321 e. The van der Waals surface area contributed by atoms with Gasteiger partial charge < -0.3 is 4.74 Å². The Bertz CT molecular complexity index is 229. The van der Waals surface area contributed by atoms with Crippen molar-refractivity contribution in [2.75, 3.05) is 13.2 Å². The molecule has 1 saturated heterocycles. The van der Waals surface area contributed by atoms with E-state index in [0.29, 0.717) is 0 Å². The van der Waals surface area contributed by atoms with Crippen molar-refractivity contribution < 1.29 is 10.1 Å². The van der Waals surface area contributed by atoms with Crippen LogP contribution in [0.4, 0.5) is 0 Å². The second-order valence-corrected chi connectivity index (χ2v) is 2.97. The molecule has 2 nitrogen and oxygen atoms in total. The Hall–Kier alpha value is -0.860. The van der Waals surface area contributed by atoms with Crippen LogP contribution < -0.4 is 5.32 Å². The summed E-state index contributed by atoms with van der Waals surface area (Å²) in [7, 11) is 0. The molecule has 1 N–H and O–H groups in total. The van der Waals surface area contributed by atoms with Crippen molar-refractivity contribution >= 4 is 0 Å². The maximum Gasteiger partial charge on any atom is 0.261 e. The van der Waals surface area contributed by atoms with Crippen molar-refractivity contribution in [3.05, 3.63) is 35.9 Å². The van der Waals surface area contributed by atoms with Gasteiger partial charge in [-0.2, -0.15) is 5.32 Å². The Morgan fingerprint density at radius 1 is 1.25 bits per heavy atom. The summed E-state index contributed by atoms with van der Waals surface area (Å²) in [4.78, 5) is 0. The molecule has 1 aliphatic rings. The third-order valence-corrected chi connectivity index (χ3v) is 2.04. The number of nitrogens with one attached hydrogen (secondary N) is 1. The van der Waals surface area contributed by atoms with E-state index < -0.39 is 0 Å². The van der Waals surface area contributed by atoms with Crippen LogP contribution in [0.5, 0.6) is 0 Å². The molecule has 1 atom stereocenters. The van der Waals surface area contributed by atoms with Crippen LogP contribution in [0.2, 0.25) is 0 Å². The van der Waals surface area contributed by atoms with Crippen LogP contribution in [0.3, 0.4) is 0 Å². The van der Waals surface area contributed by atoms with E-state index in [9.17, 15) is 0 Å². The molecule has 2 rings (SSSR count). The second-order valence-electron chi connectivity index (χ2n) is 2.97. The first kappa shape index (κ1) is 7.77. The highest BCUT2D eigenvalue weighted by molar-refractivity contribution is 5.15. The predicted molar refractivity (Wildman–Crippen MR) is 45.6 cm³/mol. The summed E-state index contributed by atoms with van der Waals surface area (Å²) < 4.78 is 5.55. The lowest BCUT2D eigenvalue weighted by atomic mass is 10.2. The average molecular weight is 163 g/mol. The van der Waals surface area contributed by atoms with Gasteiger partial charge in [-0.15, -0.1) is 0 Å². The van der Waals surface area contributed by atoms with Gasteiger partial charge in [0, 0.05) is 12.0 Å². The summed E-state index contributed by atoms with van der Waals surface area (Å²) in [6.07, 6.45) is 1.23. The minimum Gasteiger partial charge on any atom is -0.321 e. The number of hydrogen-bond acceptors (Lipinski definition) is 2. The molecule has 1 fully saturated rings. The minimum absolute atomic E-state index is 0.111. The molecule has 0 aromatic heterocycles. The lowest BCUT2D eigenvalue weighted by molar-refractivity contribution is -0.747. The first-order valence-corrected chi connectivity index (χ1v) is 4.37. The zero-order chi connectivity index (χ0) is 8.23. The fourth-order valence-corrected chi connectivity index (χ4v) is 1.41. The summed E-state index contributed by atoms with van der Waals surface area (Å²) in [6, 6.07) is 10.3. The Balaban J connectivity index is 2.08. The summed E-state index contributed by atoms with van der Waals surface area (Å²) in [5, 5.41) is 3.31. The number of benzene rings is 1. The van der Waals surface area contributed by atoms with Crippen molar-refractivity contribution in [2.45, 2.75) is 12.6 Å². The molecule has 0 saturated carbocycles. The highest BCUT2D eigenvalue weighted by Crippen LogP contribution is 2.11. The van der Waals surface area contributed by atoms with E-state index in [2.05, 4.69) is 17.4 Å². The Morgan fingerprint density at radius 2 is 2.08 bits per heavy atom. The Labute approximate surface area is 72.5 Å². The highest BCUT2D eigenvalue weighted by atomic mass is 16.5. The molecule has 0 spiro atoms. The van der Waals surface area contributed by atoms with Crippen LogP contribution in [-0.4, -0.2) is 13.2 Å². The highest BCUT2D eigenvalue weighted by Gasteiger charge is 2.21. The maximum atomic E-state index is 5.55. The SMILES string of the molecule is c1ccc(C2[NH+]CCCO2)cc1. The van der Waals surface area contributed by atoms with E-state index in [0.717, 1.165) is 19.6 Å². The van der Waals surface area contributed by atoms with Gasteiger partial charge in [-0.1, -0.05) is 30.3 Å². The van der Waals surface area contributed by atoms with Gasteiger partial charge in [0.05, 0.1) is 6.61 Å². The number of rotatable bonds is 1. The van der Waals surface area contributed by atoms with Gasteiger partial charge >= 0.3 is 0 Å². The van der Waals surface area contributed by atoms with Crippen LogP contribution >= 0.6 is 0 Å². The van der Waals surface area contributed by atoms with E-state index in [1.54, 1.807) is 0 Å². The summed E-state index contributed by atoms with van der Waals surface area (Å²) in [5.41, 5.74) is 1.22. The van der Waals surface area contributed by atoms with Crippen molar-refractivity contribution in [3.63, 3.8) is 0 Å². The molecule has 1 aromatic carbocycles. The van der Waals surface area contributed by atoms with Crippen molar-refractivity contribution in [3.8, 4) is 0 Å². The number of ether oxygens (including phenoxy) is 1. The Morgan fingerprint density at radius 3 is 2.75 bits per heavy atom. The fraction of sp³-hybridized carbons (Fsp3) is 0.400. The second kappa shape index (κ2) is 3.70. The lowest BCUT2D eigenvalue weighted by Gasteiger charge is -2.16. The van der Waals surface area contributed by atoms with Crippen LogP contribution in [0.1, 0.15) is 18.2 Å². The molecule has 2 heteroatoms. The standard InChI is InChI=1S/C10H13NO/c1-2-5-9(6-3-1)10-11-7-4-8-12-10/h1-3,5-6,10-11H,4,7-8H2/q+1. The van der Waals surface area contributed by atoms with Gasteiger partial charge in [0.25, 0.3) is 6.23 Å².